The van der Waals surface area contributed by atoms with Crippen molar-refractivity contribution in [3.8, 4) is 0 Å². The zero-order valence-electron chi connectivity index (χ0n) is 7.77. The van der Waals surface area contributed by atoms with Crippen molar-refractivity contribution >= 4 is 11.7 Å². The predicted molar refractivity (Wildman–Crippen MR) is 51.6 cm³/mol. The third kappa shape index (κ3) is 2.02. The van der Waals surface area contributed by atoms with Crippen LogP contribution in [-0.4, -0.2) is 11.1 Å². The van der Waals surface area contributed by atoms with Crippen LogP contribution in [0.1, 0.15) is 19.3 Å². The summed E-state index contributed by atoms with van der Waals surface area (Å²) in [5.74, 6) is 0.601. The molecular weight excluding hydrogens is 180 g/mol. The Morgan fingerprint density at radius 1 is 1.57 bits per heavy atom. The fourth-order valence-corrected chi connectivity index (χ4v) is 1.54. The molecule has 1 atom stereocenters. The van der Waals surface area contributed by atoms with Crippen LogP contribution in [-0.2, 0) is 4.79 Å². The largest absolute Gasteiger partial charge is 0.363 e. The van der Waals surface area contributed by atoms with Crippen molar-refractivity contribution in [1.82, 2.24) is 5.16 Å². The molecule has 0 aliphatic heterocycles. The second kappa shape index (κ2) is 4.09. The molecule has 1 amide bonds. The fourth-order valence-electron chi connectivity index (χ4n) is 1.54. The summed E-state index contributed by atoms with van der Waals surface area (Å²) in [6, 6.07) is 1.64. The van der Waals surface area contributed by atoms with E-state index in [4.69, 9.17) is 0 Å². The minimum atomic E-state index is 0.0308. The number of nitrogens with zero attached hydrogens (tertiary/aromatic N) is 1. The highest BCUT2D eigenvalue weighted by molar-refractivity contribution is 5.91. The molecule has 4 heteroatoms. The summed E-state index contributed by atoms with van der Waals surface area (Å²) in [7, 11) is 0. The summed E-state index contributed by atoms with van der Waals surface area (Å²) in [4.78, 5) is 11.6. The smallest absolute Gasteiger partial charge is 0.229 e. The monoisotopic (exact) mass is 192 g/mol. The highest BCUT2D eigenvalue weighted by atomic mass is 16.5. The van der Waals surface area contributed by atoms with Gasteiger partial charge in [-0.15, -0.1) is 0 Å². The van der Waals surface area contributed by atoms with Crippen molar-refractivity contribution in [1.29, 1.82) is 0 Å². The summed E-state index contributed by atoms with van der Waals surface area (Å²) in [5.41, 5.74) is 0. The predicted octanol–water partition coefficient (Wildman–Crippen LogP) is 1.97. The van der Waals surface area contributed by atoms with Gasteiger partial charge < -0.3 is 9.84 Å². The van der Waals surface area contributed by atoms with E-state index in [1.54, 1.807) is 6.07 Å². The van der Waals surface area contributed by atoms with Gasteiger partial charge in [-0.05, 0) is 19.3 Å². The number of anilines is 1. The molecule has 0 saturated carbocycles. The minimum absolute atomic E-state index is 0.0308. The van der Waals surface area contributed by atoms with Crippen LogP contribution in [0.3, 0.4) is 0 Å². The van der Waals surface area contributed by atoms with Gasteiger partial charge in [0.25, 0.3) is 0 Å². The van der Waals surface area contributed by atoms with Gasteiger partial charge in [0, 0.05) is 12.0 Å². The Balaban J connectivity index is 1.92. The molecule has 0 aromatic carbocycles. The molecule has 1 unspecified atom stereocenters. The lowest BCUT2D eigenvalue weighted by Crippen LogP contribution is -2.23. The number of hydrogen-bond donors (Lipinski definition) is 1. The van der Waals surface area contributed by atoms with Crippen LogP contribution < -0.4 is 5.32 Å². The molecule has 1 aromatic rings. The third-order valence-electron chi connectivity index (χ3n) is 2.33. The summed E-state index contributed by atoms with van der Waals surface area (Å²) in [6.07, 6.45) is 8.33. The summed E-state index contributed by atoms with van der Waals surface area (Å²) >= 11 is 0. The Morgan fingerprint density at radius 2 is 2.50 bits per heavy atom. The van der Waals surface area contributed by atoms with Crippen molar-refractivity contribution in [2.75, 3.05) is 5.32 Å². The first-order chi connectivity index (χ1) is 6.86. The molecular formula is C10H12N2O2. The van der Waals surface area contributed by atoms with E-state index < -0.39 is 0 Å². The van der Waals surface area contributed by atoms with Gasteiger partial charge in [-0.3, -0.25) is 4.79 Å². The van der Waals surface area contributed by atoms with Crippen molar-refractivity contribution in [3.63, 3.8) is 0 Å². The highest BCUT2D eigenvalue weighted by Crippen LogP contribution is 2.19. The van der Waals surface area contributed by atoms with E-state index in [2.05, 4.69) is 27.1 Å². The van der Waals surface area contributed by atoms with Crippen LogP contribution in [0.2, 0.25) is 0 Å². The Kier molecular flexibility index (Phi) is 2.62. The number of nitrogens with one attached hydrogen (secondary N) is 1. The quantitative estimate of drug-likeness (QED) is 0.729. The van der Waals surface area contributed by atoms with Crippen molar-refractivity contribution < 1.29 is 9.32 Å². The second-order valence-electron chi connectivity index (χ2n) is 3.36. The molecule has 0 saturated heterocycles. The molecule has 14 heavy (non-hydrogen) atoms. The third-order valence-corrected chi connectivity index (χ3v) is 2.33. The van der Waals surface area contributed by atoms with Crippen LogP contribution in [0.25, 0.3) is 0 Å². The number of rotatable bonds is 2. The van der Waals surface area contributed by atoms with E-state index in [0.29, 0.717) is 5.82 Å². The van der Waals surface area contributed by atoms with Crippen LogP contribution in [0, 0.1) is 5.92 Å². The maximum absolute atomic E-state index is 11.6. The van der Waals surface area contributed by atoms with Gasteiger partial charge in [0.1, 0.15) is 6.26 Å². The number of allylic oxidation sites excluding steroid dienone is 2. The fraction of sp³-hybridized carbons (Fsp3) is 0.400. The number of amides is 1. The number of hydrogen-bond acceptors (Lipinski definition) is 3. The normalized spacial score (nSPS) is 20.7. The van der Waals surface area contributed by atoms with Gasteiger partial charge in [-0.2, -0.15) is 0 Å². The molecule has 0 fully saturated rings. The molecule has 0 spiro atoms. The van der Waals surface area contributed by atoms with Crippen LogP contribution in [0.5, 0.6) is 0 Å². The van der Waals surface area contributed by atoms with E-state index in [1.807, 2.05) is 0 Å². The zero-order chi connectivity index (χ0) is 9.80. The molecule has 74 valence electrons. The minimum Gasteiger partial charge on any atom is -0.363 e. The summed E-state index contributed by atoms with van der Waals surface area (Å²) in [5, 5.41) is 6.34. The second-order valence-corrected chi connectivity index (χ2v) is 3.36. The Labute approximate surface area is 82.0 Å². The van der Waals surface area contributed by atoms with Gasteiger partial charge in [-0.25, -0.2) is 0 Å². The molecule has 0 radical (unpaired) electrons. The lowest BCUT2D eigenvalue weighted by molar-refractivity contribution is -0.120. The maximum atomic E-state index is 11.6. The van der Waals surface area contributed by atoms with Gasteiger partial charge in [0.15, 0.2) is 5.82 Å². The van der Waals surface area contributed by atoms with Crippen molar-refractivity contribution in [2.24, 2.45) is 5.92 Å². The number of aromatic nitrogens is 1. The van der Waals surface area contributed by atoms with Gasteiger partial charge >= 0.3 is 0 Å². The molecule has 0 bridgehead atoms. The topological polar surface area (TPSA) is 55.1 Å². The van der Waals surface area contributed by atoms with Gasteiger partial charge in [0.2, 0.25) is 5.91 Å². The Morgan fingerprint density at radius 3 is 3.14 bits per heavy atom. The molecule has 1 N–H and O–H groups in total. The van der Waals surface area contributed by atoms with Gasteiger partial charge in [-0.1, -0.05) is 17.3 Å². The van der Waals surface area contributed by atoms with E-state index >= 15 is 0 Å². The van der Waals surface area contributed by atoms with Crippen LogP contribution >= 0.6 is 0 Å². The Hall–Kier alpha value is -1.58. The van der Waals surface area contributed by atoms with E-state index in [0.717, 1.165) is 19.3 Å². The standard InChI is InChI=1S/C10H12N2O2/c13-10(8-4-2-1-3-5-8)11-9-6-7-14-12-9/h1-2,6-8H,3-5H2,(H,11,12,13). The number of carbonyl (C=O) groups excluding carboxylic acids is 1. The number of carbonyl (C=O) groups is 1. The highest BCUT2D eigenvalue weighted by Gasteiger charge is 2.19. The molecule has 1 aliphatic rings. The molecule has 4 nitrogen and oxygen atoms in total. The van der Waals surface area contributed by atoms with E-state index in [1.165, 1.54) is 6.26 Å². The molecule has 2 rings (SSSR count). The van der Waals surface area contributed by atoms with Gasteiger partial charge in [0.05, 0.1) is 0 Å². The Bertz CT molecular complexity index is 330. The van der Waals surface area contributed by atoms with Crippen molar-refractivity contribution in [3.05, 3.63) is 24.5 Å². The molecule has 1 aliphatic carbocycles. The first-order valence-corrected chi connectivity index (χ1v) is 4.72. The van der Waals surface area contributed by atoms with Crippen LogP contribution in [0.15, 0.2) is 29.0 Å². The lowest BCUT2D eigenvalue weighted by atomic mass is 9.94. The first kappa shape index (κ1) is 8.99. The SMILES string of the molecule is O=C(Nc1ccon1)C1CC=CCC1. The summed E-state index contributed by atoms with van der Waals surface area (Å²) < 4.78 is 4.62. The average Bonchev–Trinajstić information content (AvgIpc) is 2.72. The molecule has 1 heterocycles. The van der Waals surface area contributed by atoms with E-state index in [-0.39, 0.29) is 11.8 Å². The summed E-state index contributed by atoms with van der Waals surface area (Å²) in [6.45, 7) is 0. The van der Waals surface area contributed by atoms with E-state index in [9.17, 15) is 4.79 Å². The zero-order valence-corrected chi connectivity index (χ0v) is 7.77. The molecule has 1 aromatic heterocycles. The maximum Gasteiger partial charge on any atom is 0.229 e. The first-order valence-electron chi connectivity index (χ1n) is 4.72. The van der Waals surface area contributed by atoms with Crippen molar-refractivity contribution in [2.45, 2.75) is 19.3 Å². The lowest BCUT2D eigenvalue weighted by Gasteiger charge is -2.15. The van der Waals surface area contributed by atoms with Crippen LogP contribution in [0.4, 0.5) is 5.82 Å². The average molecular weight is 192 g/mol.